The van der Waals surface area contributed by atoms with Gasteiger partial charge in [-0.05, 0) is 156 Å². The third kappa shape index (κ3) is 8.77. The van der Waals surface area contributed by atoms with Crippen molar-refractivity contribution in [3.05, 3.63) is 0 Å². The minimum Gasteiger partial charge on any atom is -0.393 e. The number of rotatable bonds is 17. The fraction of sp³-hybridized carbons (Fsp3) is 1.00. The van der Waals surface area contributed by atoms with Gasteiger partial charge in [0.15, 0.2) is 0 Å². The molecule has 11 atom stereocenters. The molecular formula is C34H65N3O6S. The Balaban J connectivity index is 1.28. The van der Waals surface area contributed by atoms with E-state index in [4.69, 9.17) is 10.3 Å². The van der Waals surface area contributed by atoms with Crippen molar-refractivity contribution in [2.45, 2.75) is 135 Å². The number of aliphatic hydroxyl groups excluding tert-OH is 1. The maximum atomic E-state index is 11.8. The highest BCUT2D eigenvalue weighted by Gasteiger charge is 2.62. The van der Waals surface area contributed by atoms with Crippen LogP contribution in [-0.2, 0) is 14.6 Å². The van der Waals surface area contributed by atoms with Gasteiger partial charge >= 0.3 is 10.4 Å². The van der Waals surface area contributed by atoms with Crippen LogP contribution in [0.5, 0.6) is 0 Å². The summed E-state index contributed by atoms with van der Waals surface area (Å²) in [5, 5.41) is 29.7. The minimum atomic E-state index is -4.56. The highest BCUT2D eigenvalue weighted by atomic mass is 32.3. The van der Waals surface area contributed by atoms with E-state index in [1.165, 1.54) is 44.9 Å². The van der Waals surface area contributed by atoms with E-state index in [0.29, 0.717) is 53.4 Å². The summed E-state index contributed by atoms with van der Waals surface area (Å²) in [4.78, 5) is 0. The zero-order valence-corrected chi connectivity index (χ0v) is 28.9. The van der Waals surface area contributed by atoms with Crippen LogP contribution in [0.2, 0.25) is 0 Å². The highest BCUT2D eigenvalue weighted by molar-refractivity contribution is 7.80. The van der Waals surface area contributed by atoms with Crippen LogP contribution in [0.3, 0.4) is 0 Å². The van der Waals surface area contributed by atoms with Crippen LogP contribution in [-0.4, -0.2) is 73.7 Å². The third-order valence-electron chi connectivity index (χ3n) is 13.1. The summed E-state index contributed by atoms with van der Waals surface area (Å²) < 4.78 is 35.1. The van der Waals surface area contributed by atoms with Crippen molar-refractivity contribution < 1.29 is 27.4 Å². The summed E-state index contributed by atoms with van der Waals surface area (Å²) in [6.45, 7) is 12.5. The van der Waals surface area contributed by atoms with Gasteiger partial charge in [-0.2, -0.15) is 8.42 Å². The van der Waals surface area contributed by atoms with E-state index in [1.807, 2.05) is 0 Å². The molecule has 0 aliphatic heterocycles. The van der Waals surface area contributed by atoms with E-state index in [0.717, 1.165) is 64.7 Å². The number of unbranched alkanes of at least 4 members (excludes halogenated alkanes) is 1. The van der Waals surface area contributed by atoms with Gasteiger partial charge in [0.1, 0.15) is 0 Å². The summed E-state index contributed by atoms with van der Waals surface area (Å²) in [6.07, 6.45) is 14.9. The molecule has 44 heavy (non-hydrogen) atoms. The van der Waals surface area contributed by atoms with Crippen LogP contribution in [0.1, 0.15) is 118 Å². The summed E-state index contributed by atoms with van der Waals surface area (Å²) in [5.41, 5.74) is 4.84. The normalized spacial score (nSPS) is 39.2. The molecule has 4 aliphatic carbocycles. The lowest BCUT2D eigenvalue weighted by atomic mass is 9.43. The summed E-state index contributed by atoms with van der Waals surface area (Å²) >= 11 is 0. The minimum absolute atomic E-state index is 0.203. The zero-order valence-electron chi connectivity index (χ0n) is 28.1. The first kappa shape index (κ1) is 36.5. The molecule has 9 nitrogen and oxygen atoms in total. The molecule has 11 unspecified atom stereocenters. The topological polar surface area (TPSA) is 154 Å². The third-order valence-corrected chi connectivity index (χ3v) is 13.5. The Hall–Kier alpha value is -0.330. The van der Waals surface area contributed by atoms with E-state index in [2.05, 4.69) is 35.6 Å². The van der Waals surface area contributed by atoms with Crippen molar-refractivity contribution in [2.75, 3.05) is 32.8 Å². The maximum absolute atomic E-state index is 11.8. The Kier molecular flexibility index (Phi) is 12.7. The highest BCUT2D eigenvalue weighted by Crippen LogP contribution is 2.68. The number of nitrogens with one attached hydrogen (secondary N) is 2. The van der Waals surface area contributed by atoms with Crippen molar-refractivity contribution >= 4 is 10.4 Å². The average Bonchev–Trinajstić information content (AvgIpc) is 3.31. The molecule has 4 saturated carbocycles. The molecule has 4 fully saturated rings. The van der Waals surface area contributed by atoms with Gasteiger partial charge in [0.25, 0.3) is 0 Å². The molecule has 0 spiro atoms. The average molecular weight is 644 g/mol. The van der Waals surface area contributed by atoms with Gasteiger partial charge in [-0.25, -0.2) is 4.18 Å². The SMILES string of the molecule is CC(CCCC(C)(O)COS(=O)(=O)O)C1CCC2C3C(O)CC4CC(NCCCNCCCCN)CCC4(C)C3CCC12C. The molecular weight excluding hydrogens is 578 g/mol. The van der Waals surface area contributed by atoms with Gasteiger partial charge in [-0.15, -0.1) is 0 Å². The second-order valence-electron chi connectivity index (χ2n) is 16.1. The van der Waals surface area contributed by atoms with Crippen molar-refractivity contribution in [1.82, 2.24) is 10.6 Å². The van der Waals surface area contributed by atoms with E-state index < -0.39 is 22.6 Å². The fourth-order valence-electron chi connectivity index (χ4n) is 10.7. The lowest BCUT2D eigenvalue weighted by Gasteiger charge is -2.62. The summed E-state index contributed by atoms with van der Waals surface area (Å²) in [7, 11) is -4.56. The van der Waals surface area contributed by atoms with Crippen LogP contribution in [0, 0.1) is 46.3 Å². The second-order valence-corrected chi connectivity index (χ2v) is 17.2. The first-order chi connectivity index (χ1) is 20.7. The molecule has 0 aromatic rings. The Morgan fingerprint density at radius 3 is 2.41 bits per heavy atom. The van der Waals surface area contributed by atoms with Crippen molar-refractivity contribution in [2.24, 2.45) is 52.1 Å². The molecule has 10 heteroatoms. The van der Waals surface area contributed by atoms with E-state index in [9.17, 15) is 18.6 Å². The largest absolute Gasteiger partial charge is 0.397 e. The lowest BCUT2D eigenvalue weighted by molar-refractivity contribution is -0.167. The van der Waals surface area contributed by atoms with Crippen LogP contribution < -0.4 is 16.4 Å². The standard InChI is InChI=1S/C34H65N3O6S/c1-24(9-7-14-32(2,39)23-43-44(40,41)42)27-10-11-28-31-29(13-16-34(27,28)4)33(3)15-12-26(21-25(33)22-30(31)38)37-20-8-19-36-18-6-5-17-35/h24-31,36-39H,5-23,35H2,1-4H3,(H,40,41,42). The molecule has 0 aromatic carbocycles. The molecule has 0 aromatic heterocycles. The molecule has 4 aliphatic rings. The maximum Gasteiger partial charge on any atom is 0.397 e. The van der Waals surface area contributed by atoms with Crippen molar-refractivity contribution in [1.29, 1.82) is 0 Å². The number of aliphatic hydroxyl groups is 2. The van der Waals surface area contributed by atoms with Crippen LogP contribution in [0.25, 0.3) is 0 Å². The molecule has 258 valence electrons. The van der Waals surface area contributed by atoms with Gasteiger partial charge in [-0.3, -0.25) is 4.55 Å². The van der Waals surface area contributed by atoms with Gasteiger partial charge < -0.3 is 26.6 Å². The molecule has 0 saturated heterocycles. The molecule has 7 N–H and O–H groups in total. The Morgan fingerprint density at radius 1 is 0.977 bits per heavy atom. The quantitative estimate of drug-likeness (QED) is 0.0980. The van der Waals surface area contributed by atoms with Crippen molar-refractivity contribution in [3.63, 3.8) is 0 Å². The molecule has 4 rings (SSSR count). The summed E-state index contributed by atoms with van der Waals surface area (Å²) in [6, 6.07) is 0.569. The number of nitrogens with two attached hydrogens (primary N) is 1. The molecule has 0 radical (unpaired) electrons. The monoisotopic (exact) mass is 643 g/mol. The predicted molar refractivity (Wildman–Crippen MR) is 175 cm³/mol. The van der Waals surface area contributed by atoms with Crippen LogP contribution >= 0.6 is 0 Å². The molecule has 0 bridgehead atoms. The second kappa shape index (κ2) is 15.3. The zero-order chi connectivity index (χ0) is 32.2. The smallest absolute Gasteiger partial charge is 0.393 e. The Labute approximate surface area is 268 Å². The van der Waals surface area contributed by atoms with Crippen molar-refractivity contribution in [3.8, 4) is 0 Å². The molecule has 0 heterocycles. The fourth-order valence-corrected chi connectivity index (χ4v) is 11.1. The number of hydrogen-bond donors (Lipinski definition) is 6. The Morgan fingerprint density at radius 2 is 1.68 bits per heavy atom. The van der Waals surface area contributed by atoms with Gasteiger partial charge in [0.05, 0.1) is 18.3 Å². The lowest BCUT2D eigenvalue weighted by Crippen LogP contribution is -2.59. The first-order valence-corrected chi connectivity index (χ1v) is 19.2. The van der Waals surface area contributed by atoms with E-state index in [1.54, 1.807) is 6.92 Å². The van der Waals surface area contributed by atoms with Crippen LogP contribution in [0.15, 0.2) is 0 Å². The van der Waals surface area contributed by atoms with Crippen LogP contribution in [0.4, 0.5) is 0 Å². The van der Waals surface area contributed by atoms with E-state index in [-0.39, 0.29) is 11.5 Å². The predicted octanol–water partition coefficient (Wildman–Crippen LogP) is 4.67. The number of fused-ring (bicyclic) bond motifs is 5. The van der Waals surface area contributed by atoms with Gasteiger partial charge in [0.2, 0.25) is 0 Å². The van der Waals surface area contributed by atoms with Gasteiger partial charge in [-0.1, -0.05) is 33.6 Å². The molecule has 0 amide bonds. The first-order valence-electron chi connectivity index (χ1n) is 17.9. The number of hydrogen-bond acceptors (Lipinski definition) is 8. The summed E-state index contributed by atoms with van der Waals surface area (Å²) in [5.74, 6) is 3.27. The Bertz CT molecular complexity index is 1010. The van der Waals surface area contributed by atoms with E-state index >= 15 is 0 Å². The van der Waals surface area contributed by atoms with Gasteiger partial charge in [0, 0.05) is 6.04 Å².